The number of benzene rings is 2. The molecule has 3 aromatic rings. The molecule has 1 aliphatic rings. The lowest BCUT2D eigenvalue weighted by Gasteiger charge is -2.09. The zero-order valence-electron chi connectivity index (χ0n) is 16.0. The molecule has 150 valence electrons. The molecule has 2 aromatic carbocycles. The van der Waals surface area contributed by atoms with Crippen LogP contribution in [0, 0.1) is 0 Å². The average Bonchev–Trinajstić information content (AvgIpc) is 3.35. The molecular formula is C23H17NO5S. The molecule has 1 aliphatic heterocycles. The van der Waals surface area contributed by atoms with Crippen LogP contribution in [0.3, 0.4) is 0 Å². The van der Waals surface area contributed by atoms with Crippen molar-refractivity contribution in [1.82, 2.24) is 4.90 Å². The molecule has 0 N–H and O–H groups in total. The van der Waals surface area contributed by atoms with E-state index in [1.54, 1.807) is 12.1 Å². The summed E-state index contributed by atoms with van der Waals surface area (Å²) in [6, 6.07) is 20.7. The Balaban J connectivity index is 1.49. The predicted octanol–water partition coefficient (Wildman–Crippen LogP) is 4.97. The van der Waals surface area contributed by atoms with Crippen molar-refractivity contribution in [2.24, 2.45) is 0 Å². The maximum Gasteiger partial charge on any atom is 0.373 e. The van der Waals surface area contributed by atoms with Gasteiger partial charge in [0.25, 0.3) is 11.1 Å². The van der Waals surface area contributed by atoms with Gasteiger partial charge in [-0.05, 0) is 46.7 Å². The summed E-state index contributed by atoms with van der Waals surface area (Å²) in [6.45, 7) is -0.0497. The average molecular weight is 419 g/mol. The Hall–Kier alpha value is -3.58. The first-order valence-electron chi connectivity index (χ1n) is 9.13. The summed E-state index contributed by atoms with van der Waals surface area (Å²) in [6.07, 6.45) is 1.70. The van der Waals surface area contributed by atoms with Gasteiger partial charge < -0.3 is 9.15 Å². The number of methoxy groups -OCH3 is 1. The summed E-state index contributed by atoms with van der Waals surface area (Å²) in [5.41, 5.74) is 3.00. The first-order chi connectivity index (χ1) is 14.5. The summed E-state index contributed by atoms with van der Waals surface area (Å²) >= 11 is 0.879. The topological polar surface area (TPSA) is 76.8 Å². The number of carbonyl (C=O) groups is 3. The van der Waals surface area contributed by atoms with Gasteiger partial charge in [-0.25, -0.2) is 4.79 Å². The van der Waals surface area contributed by atoms with Crippen molar-refractivity contribution in [3.63, 3.8) is 0 Å². The lowest BCUT2D eigenvalue weighted by Crippen LogP contribution is -2.27. The highest BCUT2D eigenvalue weighted by molar-refractivity contribution is 8.18. The van der Waals surface area contributed by atoms with E-state index in [0.29, 0.717) is 10.7 Å². The van der Waals surface area contributed by atoms with Gasteiger partial charge in [0.15, 0.2) is 0 Å². The minimum Gasteiger partial charge on any atom is -0.463 e. The molecule has 0 saturated carbocycles. The van der Waals surface area contributed by atoms with E-state index in [1.807, 2.05) is 54.6 Å². The van der Waals surface area contributed by atoms with Crippen LogP contribution in [0.25, 0.3) is 17.2 Å². The lowest BCUT2D eigenvalue weighted by atomic mass is 10.0. The minimum absolute atomic E-state index is 0.0218. The summed E-state index contributed by atoms with van der Waals surface area (Å²) in [7, 11) is 1.25. The zero-order valence-corrected chi connectivity index (χ0v) is 16.8. The highest BCUT2D eigenvalue weighted by atomic mass is 32.2. The maximum atomic E-state index is 12.7. The molecule has 0 bridgehead atoms. The van der Waals surface area contributed by atoms with Gasteiger partial charge in [0.2, 0.25) is 5.76 Å². The molecule has 0 aliphatic carbocycles. The SMILES string of the molecule is COC(=O)c1ccc(CN2C(=O)S/C(=C/c3ccc(-c4ccccc4)cc3)C2=O)o1. The second-order valence-corrected chi connectivity index (χ2v) is 7.51. The fraction of sp³-hybridized carbons (Fsp3) is 0.0870. The number of hydrogen-bond donors (Lipinski definition) is 0. The molecule has 0 spiro atoms. The van der Waals surface area contributed by atoms with Gasteiger partial charge in [-0.1, -0.05) is 54.6 Å². The molecular weight excluding hydrogens is 402 g/mol. The number of ether oxygens (including phenoxy) is 1. The van der Waals surface area contributed by atoms with Gasteiger partial charge in [0, 0.05) is 0 Å². The van der Waals surface area contributed by atoms with Crippen molar-refractivity contribution in [1.29, 1.82) is 0 Å². The Labute approximate surface area is 177 Å². The third-order valence-corrected chi connectivity index (χ3v) is 5.46. The number of carbonyl (C=O) groups excluding carboxylic acids is 3. The number of amides is 2. The molecule has 7 heteroatoms. The standard InChI is InChI=1S/C23H17NO5S/c1-28-22(26)19-12-11-18(29-19)14-24-21(25)20(30-23(24)27)13-15-7-9-17(10-8-15)16-5-3-2-4-6-16/h2-13H,14H2,1H3/b20-13+. The summed E-state index contributed by atoms with van der Waals surface area (Å²) in [5.74, 6) is -0.665. The van der Waals surface area contributed by atoms with E-state index in [1.165, 1.54) is 13.2 Å². The van der Waals surface area contributed by atoms with Gasteiger partial charge in [-0.15, -0.1) is 0 Å². The van der Waals surface area contributed by atoms with Crippen LogP contribution in [-0.4, -0.2) is 29.1 Å². The third-order valence-electron chi connectivity index (χ3n) is 4.55. The Bertz CT molecular complexity index is 1130. The first kappa shape index (κ1) is 19.7. The van der Waals surface area contributed by atoms with Crippen molar-refractivity contribution in [2.75, 3.05) is 7.11 Å². The van der Waals surface area contributed by atoms with Crippen molar-refractivity contribution >= 4 is 35.0 Å². The van der Waals surface area contributed by atoms with Crippen molar-refractivity contribution in [3.05, 3.63) is 88.7 Å². The molecule has 6 nitrogen and oxygen atoms in total. The smallest absolute Gasteiger partial charge is 0.373 e. The monoisotopic (exact) mass is 419 g/mol. The molecule has 1 saturated heterocycles. The summed E-state index contributed by atoms with van der Waals surface area (Å²) in [5, 5.41) is -0.386. The van der Waals surface area contributed by atoms with E-state index < -0.39 is 11.9 Å². The number of nitrogens with zero attached hydrogens (tertiary/aromatic N) is 1. The summed E-state index contributed by atoms with van der Waals surface area (Å²) in [4.78, 5) is 37.9. The Kier molecular flexibility index (Phi) is 5.54. The minimum atomic E-state index is -0.616. The van der Waals surface area contributed by atoms with Crippen LogP contribution in [0.2, 0.25) is 0 Å². The van der Waals surface area contributed by atoms with Crippen LogP contribution in [0.4, 0.5) is 4.79 Å². The van der Waals surface area contributed by atoms with Crippen LogP contribution < -0.4 is 0 Å². The molecule has 2 amide bonds. The number of thioether (sulfide) groups is 1. The van der Waals surface area contributed by atoms with E-state index in [2.05, 4.69) is 4.74 Å². The van der Waals surface area contributed by atoms with Crippen molar-refractivity contribution < 1.29 is 23.5 Å². The van der Waals surface area contributed by atoms with E-state index in [0.717, 1.165) is 33.4 Å². The van der Waals surface area contributed by atoms with Gasteiger partial charge in [-0.2, -0.15) is 0 Å². The number of rotatable bonds is 5. The van der Waals surface area contributed by atoms with Crippen LogP contribution in [0.5, 0.6) is 0 Å². The normalized spacial score (nSPS) is 15.1. The van der Waals surface area contributed by atoms with Crippen LogP contribution >= 0.6 is 11.8 Å². The summed E-state index contributed by atoms with van der Waals surface area (Å²) < 4.78 is 9.94. The lowest BCUT2D eigenvalue weighted by molar-refractivity contribution is -0.123. The second-order valence-electron chi connectivity index (χ2n) is 6.51. The van der Waals surface area contributed by atoms with Crippen molar-refractivity contribution in [2.45, 2.75) is 6.54 Å². The number of imide groups is 1. The van der Waals surface area contributed by atoms with Crippen LogP contribution in [-0.2, 0) is 16.1 Å². The molecule has 0 unspecified atom stereocenters. The second kappa shape index (κ2) is 8.42. The van der Waals surface area contributed by atoms with Gasteiger partial charge in [-0.3, -0.25) is 14.5 Å². The first-order valence-corrected chi connectivity index (χ1v) is 9.94. The van der Waals surface area contributed by atoms with E-state index in [4.69, 9.17) is 4.42 Å². The fourth-order valence-electron chi connectivity index (χ4n) is 3.02. The van der Waals surface area contributed by atoms with Crippen LogP contribution in [0.1, 0.15) is 21.9 Å². The largest absolute Gasteiger partial charge is 0.463 e. The van der Waals surface area contributed by atoms with Crippen molar-refractivity contribution in [3.8, 4) is 11.1 Å². The Morgan fingerprint density at radius 3 is 2.40 bits per heavy atom. The maximum absolute atomic E-state index is 12.7. The van der Waals surface area contributed by atoms with E-state index in [9.17, 15) is 14.4 Å². The molecule has 1 aromatic heterocycles. The van der Waals surface area contributed by atoms with E-state index in [-0.39, 0.29) is 17.5 Å². The van der Waals surface area contributed by atoms with Crippen LogP contribution in [0.15, 0.2) is 76.1 Å². The Morgan fingerprint density at radius 2 is 1.70 bits per heavy atom. The third kappa shape index (κ3) is 4.06. The molecule has 0 radical (unpaired) electrons. The van der Waals surface area contributed by atoms with E-state index >= 15 is 0 Å². The molecule has 4 rings (SSSR count). The quantitative estimate of drug-likeness (QED) is 0.429. The highest BCUT2D eigenvalue weighted by Gasteiger charge is 2.35. The fourth-order valence-corrected chi connectivity index (χ4v) is 3.86. The predicted molar refractivity (Wildman–Crippen MR) is 113 cm³/mol. The molecule has 0 atom stereocenters. The molecule has 1 fully saturated rings. The zero-order chi connectivity index (χ0) is 21.1. The highest BCUT2D eigenvalue weighted by Crippen LogP contribution is 2.33. The number of esters is 1. The van der Waals surface area contributed by atoms with Gasteiger partial charge >= 0.3 is 5.97 Å². The number of furan rings is 1. The Morgan fingerprint density at radius 1 is 1.00 bits per heavy atom. The molecule has 2 heterocycles. The number of hydrogen-bond acceptors (Lipinski definition) is 6. The van der Waals surface area contributed by atoms with Gasteiger partial charge in [0.05, 0.1) is 18.6 Å². The molecule has 30 heavy (non-hydrogen) atoms. The van der Waals surface area contributed by atoms with Gasteiger partial charge in [0.1, 0.15) is 5.76 Å².